The van der Waals surface area contributed by atoms with Crippen LogP contribution in [0.25, 0.3) is 0 Å². The number of aromatic nitrogens is 2. The van der Waals surface area contributed by atoms with E-state index in [1.54, 1.807) is 12.1 Å². The number of aromatic amines is 1. The Morgan fingerprint density at radius 3 is 2.79 bits per heavy atom. The third-order valence-corrected chi connectivity index (χ3v) is 2.73. The highest BCUT2D eigenvalue weighted by molar-refractivity contribution is 6.34. The number of carboxylic acid groups (broad SMARTS) is 1. The van der Waals surface area contributed by atoms with Gasteiger partial charge in [0, 0.05) is 11.9 Å². The number of rotatable bonds is 4. The summed E-state index contributed by atoms with van der Waals surface area (Å²) in [6.45, 7) is 0. The minimum atomic E-state index is -1.19. The maximum atomic E-state index is 11.8. The largest absolute Gasteiger partial charge is 0.478 e. The Morgan fingerprint density at radius 1 is 1.37 bits per heavy atom. The fourth-order valence-corrected chi connectivity index (χ4v) is 1.85. The van der Waals surface area contributed by atoms with Gasteiger partial charge in [0.15, 0.2) is 0 Å². The van der Waals surface area contributed by atoms with Gasteiger partial charge in [0.1, 0.15) is 5.56 Å². The summed E-state index contributed by atoms with van der Waals surface area (Å²) < 4.78 is 0. The number of benzene rings is 1. The molecule has 19 heavy (non-hydrogen) atoms. The molecule has 0 saturated carbocycles. The molecule has 7 heteroatoms. The van der Waals surface area contributed by atoms with Crippen molar-refractivity contribution in [3.8, 4) is 0 Å². The molecule has 1 amide bonds. The molecule has 0 saturated heterocycles. The number of hydrogen-bond acceptors (Lipinski definition) is 3. The average molecular weight is 280 g/mol. The van der Waals surface area contributed by atoms with Crippen LogP contribution in [0.15, 0.2) is 30.5 Å². The van der Waals surface area contributed by atoms with Crippen LogP contribution in [0.3, 0.4) is 0 Å². The van der Waals surface area contributed by atoms with E-state index in [-0.39, 0.29) is 28.6 Å². The molecule has 2 rings (SSSR count). The minimum Gasteiger partial charge on any atom is -0.478 e. The third kappa shape index (κ3) is 3.11. The molecular weight excluding hydrogens is 270 g/mol. The highest BCUT2D eigenvalue weighted by Crippen LogP contribution is 2.24. The molecule has 1 aromatic carbocycles. The monoisotopic (exact) mass is 279 g/mol. The summed E-state index contributed by atoms with van der Waals surface area (Å²) in [6, 6.07) is 6.17. The van der Waals surface area contributed by atoms with E-state index in [0.29, 0.717) is 5.69 Å². The molecule has 2 aromatic rings. The molecule has 1 aromatic heterocycles. The van der Waals surface area contributed by atoms with Crippen LogP contribution >= 0.6 is 11.6 Å². The van der Waals surface area contributed by atoms with Crippen LogP contribution in [0.2, 0.25) is 5.02 Å². The zero-order chi connectivity index (χ0) is 13.8. The fraction of sp³-hybridized carbons (Fsp3) is 0.0833. The minimum absolute atomic E-state index is 0.0750. The van der Waals surface area contributed by atoms with Crippen LogP contribution in [0.5, 0.6) is 0 Å². The lowest BCUT2D eigenvalue weighted by molar-refractivity contribution is -0.115. The van der Waals surface area contributed by atoms with Crippen molar-refractivity contribution in [2.45, 2.75) is 6.42 Å². The second-order valence-corrected chi connectivity index (χ2v) is 4.18. The van der Waals surface area contributed by atoms with Gasteiger partial charge in [-0.2, -0.15) is 5.10 Å². The van der Waals surface area contributed by atoms with Crippen molar-refractivity contribution in [3.63, 3.8) is 0 Å². The van der Waals surface area contributed by atoms with Gasteiger partial charge in [0.25, 0.3) is 0 Å². The fourth-order valence-electron chi connectivity index (χ4n) is 1.60. The van der Waals surface area contributed by atoms with Gasteiger partial charge in [-0.15, -0.1) is 0 Å². The van der Waals surface area contributed by atoms with Gasteiger partial charge in [-0.05, 0) is 18.2 Å². The van der Waals surface area contributed by atoms with Crippen molar-refractivity contribution >= 4 is 29.2 Å². The second-order valence-electron chi connectivity index (χ2n) is 3.77. The van der Waals surface area contributed by atoms with Crippen molar-refractivity contribution in [3.05, 3.63) is 46.7 Å². The lowest BCUT2D eigenvalue weighted by atomic mass is 10.1. The number of carboxylic acids is 1. The Kier molecular flexibility index (Phi) is 3.82. The molecule has 3 N–H and O–H groups in total. The number of aromatic carboxylic acids is 1. The van der Waals surface area contributed by atoms with Gasteiger partial charge in [-0.25, -0.2) is 4.79 Å². The average Bonchev–Trinajstić information content (AvgIpc) is 2.81. The number of anilines is 1. The standard InChI is InChI=1S/C12H10ClN3O3/c13-8-2-1-3-9(11(8)12(18)19)15-10(17)6-7-4-5-14-16-7/h1-5H,6H2,(H,14,16)(H,15,17)(H,18,19). The summed E-state index contributed by atoms with van der Waals surface area (Å²) in [5.41, 5.74) is 0.683. The molecule has 0 aliphatic heterocycles. The van der Waals surface area contributed by atoms with Crippen molar-refractivity contribution in [1.82, 2.24) is 10.2 Å². The van der Waals surface area contributed by atoms with Crippen molar-refractivity contribution in [1.29, 1.82) is 0 Å². The van der Waals surface area contributed by atoms with E-state index in [1.165, 1.54) is 18.3 Å². The van der Waals surface area contributed by atoms with E-state index >= 15 is 0 Å². The first-order valence-corrected chi connectivity index (χ1v) is 5.75. The van der Waals surface area contributed by atoms with Gasteiger partial charge >= 0.3 is 5.97 Å². The molecule has 0 aliphatic carbocycles. The summed E-state index contributed by atoms with van der Waals surface area (Å²) in [5.74, 6) is -1.54. The van der Waals surface area contributed by atoms with Crippen molar-refractivity contribution in [2.75, 3.05) is 5.32 Å². The van der Waals surface area contributed by atoms with Gasteiger partial charge < -0.3 is 10.4 Å². The van der Waals surface area contributed by atoms with Crippen LogP contribution in [0.1, 0.15) is 16.1 Å². The Labute approximate surface area is 113 Å². The first-order valence-electron chi connectivity index (χ1n) is 5.38. The molecule has 0 fully saturated rings. The number of nitrogens with zero attached hydrogens (tertiary/aromatic N) is 1. The molecule has 0 bridgehead atoms. The molecule has 98 valence electrons. The maximum Gasteiger partial charge on any atom is 0.339 e. The van der Waals surface area contributed by atoms with Crippen LogP contribution in [0.4, 0.5) is 5.69 Å². The van der Waals surface area contributed by atoms with Crippen LogP contribution in [-0.4, -0.2) is 27.2 Å². The summed E-state index contributed by atoms with van der Waals surface area (Å²) in [4.78, 5) is 22.9. The molecule has 0 unspecified atom stereocenters. The Balaban J connectivity index is 2.17. The summed E-state index contributed by atoms with van der Waals surface area (Å²) in [7, 11) is 0. The predicted octanol–water partition coefficient (Wildman–Crippen LogP) is 1.94. The maximum absolute atomic E-state index is 11.8. The normalized spacial score (nSPS) is 10.2. The number of hydrogen-bond donors (Lipinski definition) is 3. The first kappa shape index (κ1) is 13.1. The molecule has 0 spiro atoms. The SMILES string of the molecule is O=C(Cc1ccn[nH]1)Nc1cccc(Cl)c1C(=O)O. The van der Waals surface area contributed by atoms with E-state index in [4.69, 9.17) is 16.7 Å². The molecule has 0 atom stereocenters. The molecule has 6 nitrogen and oxygen atoms in total. The lowest BCUT2D eigenvalue weighted by Crippen LogP contribution is -2.17. The number of H-pyrrole nitrogens is 1. The number of carbonyl (C=O) groups is 2. The number of halogens is 1. The zero-order valence-electron chi connectivity index (χ0n) is 9.68. The topological polar surface area (TPSA) is 95.1 Å². The van der Waals surface area contributed by atoms with Crippen LogP contribution < -0.4 is 5.32 Å². The molecule has 1 heterocycles. The smallest absolute Gasteiger partial charge is 0.339 e. The third-order valence-electron chi connectivity index (χ3n) is 2.41. The highest BCUT2D eigenvalue weighted by atomic mass is 35.5. The van der Waals surface area contributed by atoms with E-state index in [9.17, 15) is 9.59 Å². The highest BCUT2D eigenvalue weighted by Gasteiger charge is 2.16. The summed E-state index contributed by atoms with van der Waals surface area (Å²) >= 11 is 5.80. The van der Waals surface area contributed by atoms with E-state index in [2.05, 4.69) is 15.5 Å². The summed E-state index contributed by atoms with van der Waals surface area (Å²) in [6.07, 6.45) is 1.61. The second kappa shape index (κ2) is 5.53. The van der Waals surface area contributed by atoms with Gasteiger partial charge in [0.05, 0.1) is 17.1 Å². The van der Waals surface area contributed by atoms with Crippen molar-refractivity contribution in [2.24, 2.45) is 0 Å². The first-order chi connectivity index (χ1) is 9.08. The van der Waals surface area contributed by atoms with Crippen molar-refractivity contribution < 1.29 is 14.7 Å². The van der Waals surface area contributed by atoms with E-state index in [1.807, 2.05) is 0 Å². The summed E-state index contributed by atoms with van der Waals surface area (Å²) in [5, 5.41) is 18.0. The van der Waals surface area contributed by atoms with Gasteiger partial charge in [-0.1, -0.05) is 17.7 Å². The van der Waals surface area contributed by atoms with Gasteiger partial charge in [0.2, 0.25) is 5.91 Å². The Morgan fingerprint density at radius 2 is 2.16 bits per heavy atom. The Bertz CT molecular complexity index is 611. The number of amides is 1. The Hall–Kier alpha value is -2.34. The lowest BCUT2D eigenvalue weighted by Gasteiger charge is -2.09. The van der Waals surface area contributed by atoms with E-state index < -0.39 is 5.97 Å². The molecular formula is C12H10ClN3O3. The number of nitrogens with one attached hydrogen (secondary N) is 2. The van der Waals surface area contributed by atoms with Crippen LogP contribution in [-0.2, 0) is 11.2 Å². The van der Waals surface area contributed by atoms with E-state index in [0.717, 1.165) is 0 Å². The van der Waals surface area contributed by atoms with Gasteiger partial charge in [-0.3, -0.25) is 9.89 Å². The van der Waals surface area contributed by atoms with Crippen LogP contribution in [0, 0.1) is 0 Å². The zero-order valence-corrected chi connectivity index (χ0v) is 10.4. The number of carbonyl (C=O) groups excluding carboxylic acids is 1. The molecule has 0 radical (unpaired) electrons. The predicted molar refractivity (Wildman–Crippen MR) is 69.3 cm³/mol. The molecule has 0 aliphatic rings. The quantitative estimate of drug-likeness (QED) is 0.797.